The quantitative estimate of drug-likeness (QED) is 0.669. The van der Waals surface area contributed by atoms with Crippen molar-refractivity contribution in [2.75, 3.05) is 57.4 Å². The first-order valence-corrected chi connectivity index (χ1v) is 10.1. The third kappa shape index (κ3) is 3.70. The van der Waals surface area contributed by atoms with Gasteiger partial charge in [0.1, 0.15) is 0 Å². The normalized spacial score (nSPS) is 31.7. The molecule has 7 nitrogen and oxygen atoms in total. The van der Waals surface area contributed by atoms with Gasteiger partial charge in [-0.1, -0.05) is 0 Å². The maximum absolute atomic E-state index is 12.5. The molecule has 3 fully saturated rings. The number of amides is 1. The van der Waals surface area contributed by atoms with Crippen LogP contribution in [-0.2, 0) is 19.4 Å². The standard InChI is InChI=1S/C15H27N3O4S/c1-14(2)10-18(5-6-22-14)4-3-17-13(19)12-7-23(20,21)11-15(12)8-16-9-15/h12,16H,3-11H2,1-2H3,(H,17,19). The molecule has 8 heteroatoms. The van der Waals surface area contributed by atoms with Crippen LogP contribution < -0.4 is 10.6 Å². The van der Waals surface area contributed by atoms with Crippen molar-refractivity contribution in [3.63, 3.8) is 0 Å². The van der Waals surface area contributed by atoms with E-state index in [0.717, 1.165) is 19.6 Å². The Morgan fingerprint density at radius 2 is 2.13 bits per heavy atom. The Kier molecular flexibility index (Phi) is 4.46. The topological polar surface area (TPSA) is 87.7 Å². The largest absolute Gasteiger partial charge is 0.373 e. The number of rotatable bonds is 4. The highest BCUT2D eigenvalue weighted by Crippen LogP contribution is 2.41. The molecule has 0 aromatic rings. The summed E-state index contributed by atoms with van der Waals surface area (Å²) < 4.78 is 29.5. The lowest BCUT2D eigenvalue weighted by Gasteiger charge is -2.42. The molecule has 1 unspecified atom stereocenters. The molecule has 0 aromatic carbocycles. The SMILES string of the molecule is CC1(C)CN(CCNC(=O)C2CS(=O)(=O)CC23CNC3)CCO1. The number of nitrogens with zero attached hydrogens (tertiary/aromatic N) is 1. The second-order valence-electron chi connectivity index (χ2n) is 7.75. The molecular formula is C15H27N3O4S. The molecule has 23 heavy (non-hydrogen) atoms. The van der Waals surface area contributed by atoms with E-state index in [2.05, 4.69) is 29.4 Å². The van der Waals surface area contributed by atoms with E-state index in [1.807, 2.05) is 0 Å². The lowest BCUT2D eigenvalue weighted by molar-refractivity contribution is -0.129. The van der Waals surface area contributed by atoms with Crippen LogP contribution in [0.4, 0.5) is 0 Å². The van der Waals surface area contributed by atoms with E-state index in [4.69, 9.17) is 4.74 Å². The summed E-state index contributed by atoms with van der Waals surface area (Å²) >= 11 is 0. The Balaban J connectivity index is 1.50. The molecule has 1 atom stereocenters. The highest BCUT2D eigenvalue weighted by atomic mass is 32.2. The number of ether oxygens (including phenoxy) is 1. The average Bonchev–Trinajstić information content (AvgIpc) is 2.70. The van der Waals surface area contributed by atoms with Gasteiger partial charge in [0.05, 0.1) is 29.6 Å². The lowest BCUT2D eigenvalue weighted by Crippen LogP contribution is -2.60. The molecule has 3 aliphatic rings. The van der Waals surface area contributed by atoms with Crippen LogP contribution in [-0.4, -0.2) is 82.2 Å². The second-order valence-corrected chi connectivity index (χ2v) is 9.86. The lowest BCUT2D eigenvalue weighted by atomic mass is 9.73. The Labute approximate surface area is 138 Å². The summed E-state index contributed by atoms with van der Waals surface area (Å²) in [5, 5.41) is 6.06. The summed E-state index contributed by atoms with van der Waals surface area (Å²) in [5.41, 5.74) is -0.521. The number of carbonyl (C=O) groups is 1. The van der Waals surface area contributed by atoms with Gasteiger partial charge in [0.25, 0.3) is 0 Å². The van der Waals surface area contributed by atoms with Crippen molar-refractivity contribution < 1.29 is 17.9 Å². The van der Waals surface area contributed by atoms with Crippen LogP contribution in [0.15, 0.2) is 0 Å². The summed E-state index contributed by atoms with van der Waals surface area (Å²) in [7, 11) is -3.10. The molecule has 0 radical (unpaired) electrons. The minimum atomic E-state index is -3.10. The van der Waals surface area contributed by atoms with Crippen molar-refractivity contribution in [1.29, 1.82) is 0 Å². The number of hydrogen-bond acceptors (Lipinski definition) is 6. The molecule has 132 valence electrons. The van der Waals surface area contributed by atoms with E-state index < -0.39 is 15.8 Å². The summed E-state index contributed by atoms with van der Waals surface area (Å²) in [4.78, 5) is 14.7. The first kappa shape index (κ1) is 17.1. The summed E-state index contributed by atoms with van der Waals surface area (Å²) in [6, 6.07) is 0. The molecule has 0 bridgehead atoms. The zero-order valence-electron chi connectivity index (χ0n) is 13.9. The van der Waals surface area contributed by atoms with E-state index in [-0.39, 0.29) is 28.4 Å². The molecule has 2 N–H and O–H groups in total. The minimum absolute atomic E-state index is 0.00883. The van der Waals surface area contributed by atoms with Crippen LogP contribution in [0.1, 0.15) is 13.8 Å². The highest BCUT2D eigenvalue weighted by molar-refractivity contribution is 7.91. The van der Waals surface area contributed by atoms with Crippen LogP contribution in [0.3, 0.4) is 0 Å². The van der Waals surface area contributed by atoms with E-state index in [1.54, 1.807) is 0 Å². The van der Waals surface area contributed by atoms with Gasteiger partial charge in [-0.2, -0.15) is 0 Å². The molecule has 0 aromatic heterocycles. The number of nitrogens with one attached hydrogen (secondary N) is 2. The molecule has 1 amide bonds. The zero-order chi connectivity index (χ0) is 16.7. The van der Waals surface area contributed by atoms with Crippen LogP contribution >= 0.6 is 0 Å². The van der Waals surface area contributed by atoms with Crippen molar-refractivity contribution in [1.82, 2.24) is 15.5 Å². The predicted molar refractivity (Wildman–Crippen MR) is 86.9 cm³/mol. The molecule has 0 aliphatic carbocycles. The van der Waals surface area contributed by atoms with E-state index in [9.17, 15) is 13.2 Å². The van der Waals surface area contributed by atoms with Gasteiger partial charge in [0, 0.05) is 44.7 Å². The average molecular weight is 345 g/mol. The molecule has 3 heterocycles. The second kappa shape index (κ2) is 5.98. The molecule has 3 aliphatic heterocycles. The van der Waals surface area contributed by atoms with Gasteiger partial charge in [-0.3, -0.25) is 9.69 Å². The van der Waals surface area contributed by atoms with Gasteiger partial charge in [0.15, 0.2) is 9.84 Å². The fraction of sp³-hybridized carbons (Fsp3) is 0.933. The van der Waals surface area contributed by atoms with Gasteiger partial charge >= 0.3 is 0 Å². The summed E-state index contributed by atoms with van der Waals surface area (Å²) in [6.07, 6.45) is 0. The predicted octanol–water partition coefficient (Wildman–Crippen LogP) is -1.15. The van der Waals surface area contributed by atoms with Gasteiger partial charge in [-0.25, -0.2) is 8.42 Å². The summed E-state index contributed by atoms with van der Waals surface area (Å²) in [5.74, 6) is -0.386. The Hall–Kier alpha value is -0.700. The fourth-order valence-corrected chi connectivity index (χ4v) is 6.35. The third-order valence-corrected chi connectivity index (χ3v) is 7.03. The monoisotopic (exact) mass is 345 g/mol. The smallest absolute Gasteiger partial charge is 0.224 e. The third-order valence-electron chi connectivity index (χ3n) is 5.17. The van der Waals surface area contributed by atoms with Gasteiger partial charge in [-0.15, -0.1) is 0 Å². The summed E-state index contributed by atoms with van der Waals surface area (Å²) in [6.45, 7) is 9.11. The van der Waals surface area contributed by atoms with Crippen molar-refractivity contribution in [2.24, 2.45) is 11.3 Å². The first-order chi connectivity index (χ1) is 10.7. The number of morpholine rings is 1. The van der Waals surface area contributed by atoms with Crippen LogP contribution in [0.2, 0.25) is 0 Å². The Bertz CT molecular complexity index is 571. The number of hydrogen-bond donors (Lipinski definition) is 2. The van der Waals surface area contributed by atoms with Crippen LogP contribution in [0, 0.1) is 11.3 Å². The number of sulfone groups is 1. The van der Waals surface area contributed by atoms with Crippen molar-refractivity contribution in [2.45, 2.75) is 19.4 Å². The van der Waals surface area contributed by atoms with E-state index in [0.29, 0.717) is 26.2 Å². The molecular weight excluding hydrogens is 318 g/mol. The zero-order valence-corrected chi connectivity index (χ0v) is 14.7. The van der Waals surface area contributed by atoms with E-state index >= 15 is 0 Å². The van der Waals surface area contributed by atoms with Crippen LogP contribution in [0.5, 0.6) is 0 Å². The van der Waals surface area contributed by atoms with Gasteiger partial charge in [-0.05, 0) is 13.8 Å². The minimum Gasteiger partial charge on any atom is -0.373 e. The maximum Gasteiger partial charge on any atom is 0.224 e. The molecule has 0 saturated carbocycles. The molecule has 1 spiro atoms. The molecule has 3 saturated heterocycles. The Morgan fingerprint density at radius 1 is 1.39 bits per heavy atom. The number of carbonyl (C=O) groups excluding carboxylic acids is 1. The van der Waals surface area contributed by atoms with Crippen LogP contribution in [0.25, 0.3) is 0 Å². The maximum atomic E-state index is 12.5. The first-order valence-electron chi connectivity index (χ1n) is 8.27. The highest BCUT2D eigenvalue weighted by Gasteiger charge is 2.56. The van der Waals surface area contributed by atoms with E-state index in [1.165, 1.54) is 0 Å². The molecule has 3 rings (SSSR count). The fourth-order valence-electron chi connectivity index (χ4n) is 3.94. The van der Waals surface area contributed by atoms with Gasteiger partial charge < -0.3 is 15.4 Å². The van der Waals surface area contributed by atoms with Gasteiger partial charge in [0.2, 0.25) is 5.91 Å². The Morgan fingerprint density at radius 3 is 2.74 bits per heavy atom. The van der Waals surface area contributed by atoms with Crippen molar-refractivity contribution in [3.8, 4) is 0 Å². The van der Waals surface area contributed by atoms with Crippen molar-refractivity contribution in [3.05, 3.63) is 0 Å². The van der Waals surface area contributed by atoms with Crippen molar-refractivity contribution >= 4 is 15.7 Å².